The number of methoxy groups -OCH3 is 1. The monoisotopic (exact) mass is 261 g/mol. The largest absolute Gasteiger partial charge is 0.399 e. The van der Waals surface area contributed by atoms with Gasteiger partial charge in [0.15, 0.2) is 0 Å². The second-order valence-corrected chi connectivity index (χ2v) is 4.60. The summed E-state index contributed by atoms with van der Waals surface area (Å²) in [4.78, 5) is 17.0. The smallest absolute Gasteiger partial charge is 0.270 e. The highest BCUT2D eigenvalue weighted by molar-refractivity contribution is 5.98. The molecule has 0 radical (unpaired) electrons. The number of anilines is 1. The maximum absolute atomic E-state index is 12.2. The zero-order chi connectivity index (χ0) is 13.8. The summed E-state index contributed by atoms with van der Waals surface area (Å²) in [5.74, 6) is -0.0223. The number of nitrogens with zero attached hydrogens (tertiary/aromatic N) is 1. The molecule has 2 rings (SSSR count). The summed E-state index contributed by atoms with van der Waals surface area (Å²) in [6.45, 7) is 1.32. The Labute approximate surface area is 112 Å². The molecule has 0 aliphatic rings. The Kier molecular flexibility index (Phi) is 4.06. The summed E-state index contributed by atoms with van der Waals surface area (Å²) in [6, 6.07) is 7.39. The van der Waals surface area contributed by atoms with E-state index in [1.165, 1.54) is 0 Å². The zero-order valence-corrected chi connectivity index (χ0v) is 11.3. The number of hydrogen-bond donors (Lipinski definition) is 2. The first kappa shape index (κ1) is 13.4. The normalized spacial score (nSPS) is 10.8. The Hall–Kier alpha value is -2.01. The molecule has 5 heteroatoms. The number of nitrogens with two attached hydrogens (primary N) is 1. The second-order valence-electron chi connectivity index (χ2n) is 4.60. The van der Waals surface area contributed by atoms with Crippen molar-refractivity contribution in [2.45, 2.75) is 6.42 Å². The second kappa shape index (κ2) is 5.75. The van der Waals surface area contributed by atoms with Crippen LogP contribution in [0.3, 0.4) is 0 Å². The van der Waals surface area contributed by atoms with Crippen molar-refractivity contribution in [2.24, 2.45) is 0 Å². The van der Waals surface area contributed by atoms with E-state index in [1.54, 1.807) is 19.1 Å². The lowest BCUT2D eigenvalue weighted by molar-refractivity contribution is 0.0774. The molecule has 19 heavy (non-hydrogen) atoms. The maximum atomic E-state index is 12.2. The van der Waals surface area contributed by atoms with Gasteiger partial charge >= 0.3 is 0 Å². The fourth-order valence-electron chi connectivity index (χ4n) is 2.02. The van der Waals surface area contributed by atoms with Crippen LogP contribution in [0.4, 0.5) is 5.69 Å². The molecular weight excluding hydrogens is 242 g/mol. The summed E-state index contributed by atoms with van der Waals surface area (Å²) < 4.78 is 4.98. The minimum Gasteiger partial charge on any atom is -0.399 e. The van der Waals surface area contributed by atoms with Crippen LogP contribution in [0.5, 0.6) is 0 Å². The van der Waals surface area contributed by atoms with Crippen molar-refractivity contribution in [1.29, 1.82) is 0 Å². The molecule has 0 atom stereocenters. The molecule has 5 nitrogen and oxygen atoms in total. The van der Waals surface area contributed by atoms with Crippen LogP contribution in [0, 0.1) is 0 Å². The summed E-state index contributed by atoms with van der Waals surface area (Å²) >= 11 is 0. The van der Waals surface area contributed by atoms with E-state index in [2.05, 4.69) is 4.98 Å². The van der Waals surface area contributed by atoms with E-state index in [9.17, 15) is 4.79 Å². The first-order valence-corrected chi connectivity index (χ1v) is 6.24. The third-order valence-corrected chi connectivity index (χ3v) is 3.06. The van der Waals surface area contributed by atoms with Crippen molar-refractivity contribution in [3.05, 3.63) is 30.0 Å². The summed E-state index contributed by atoms with van der Waals surface area (Å²) in [5.41, 5.74) is 7.92. The average Bonchev–Trinajstić information content (AvgIpc) is 2.80. The van der Waals surface area contributed by atoms with Gasteiger partial charge in [-0.25, -0.2) is 0 Å². The highest BCUT2D eigenvalue weighted by Crippen LogP contribution is 2.19. The van der Waals surface area contributed by atoms with Gasteiger partial charge in [-0.2, -0.15) is 0 Å². The van der Waals surface area contributed by atoms with Gasteiger partial charge < -0.3 is 20.4 Å². The Bertz CT molecular complexity index is 577. The van der Waals surface area contributed by atoms with Crippen molar-refractivity contribution in [2.75, 3.05) is 33.0 Å². The van der Waals surface area contributed by atoms with Crippen LogP contribution in [0.15, 0.2) is 24.3 Å². The van der Waals surface area contributed by atoms with Crippen LogP contribution in [0.2, 0.25) is 0 Å². The third kappa shape index (κ3) is 3.06. The molecule has 102 valence electrons. The number of H-pyrrole nitrogens is 1. The quantitative estimate of drug-likeness (QED) is 0.637. The molecule has 1 amide bonds. The molecule has 0 saturated carbocycles. The van der Waals surface area contributed by atoms with E-state index < -0.39 is 0 Å². The number of nitrogen functional groups attached to an aromatic ring is 1. The van der Waals surface area contributed by atoms with E-state index >= 15 is 0 Å². The SMILES string of the molecule is COCCCN(C)C(=O)c1cc2cc(N)ccc2[nH]1. The number of nitrogens with one attached hydrogen (secondary N) is 1. The van der Waals surface area contributed by atoms with Crippen molar-refractivity contribution in [3.8, 4) is 0 Å². The Balaban J connectivity index is 2.12. The molecule has 0 aliphatic carbocycles. The van der Waals surface area contributed by atoms with Crippen LogP contribution in [-0.2, 0) is 4.74 Å². The number of carbonyl (C=O) groups excluding carboxylic acids is 1. The van der Waals surface area contributed by atoms with Gasteiger partial charge in [0.1, 0.15) is 5.69 Å². The predicted octanol–water partition coefficient (Wildman–Crippen LogP) is 1.86. The van der Waals surface area contributed by atoms with Gasteiger partial charge in [-0.1, -0.05) is 0 Å². The predicted molar refractivity (Wildman–Crippen MR) is 76.2 cm³/mol. The molecule has 0 unspecified atom stereocenters. The molecule has 0 spiro atoms. The van der Waals surface area contributed by atoms with Crippen molar-refractivity contribution >= 4 is 22.5 Å². The lowest BCUT2D eigenvalue weighted by Gasteiger charge is -2.15. The number of rotatable bonds is 5. The van der Waals surface area contributed by atoms with Crippen LogP contribution >= 0.6 is 0 Å². The van der Waals surface area contributed by atoms with Gasteiger partial charge in [-0.15, -0.1) is 0 Å². The lowest BCUT2D eigenvalue weighted by atomic mass is 10.2. The number of carbonyl (C=O) groups is 1. The standard InChI is InChI=1S/C14H19N3O2/c1-17(6-3-7-19-2)14(18)13-9-10-8-11(15)4-5-12(10)16-13/h4-5,8-9,16H,3,6-7,15H2,1-2H3. The molecule has 0 bridgehead atoms. The van der Waals surface area contributed by atoms with E-state index in [0.29, 0.717) is 24.5 Å². The fraction of sp³-hybridized carbons (Fsp3) is 0.357. The molecule has 1 aromatic carbocycles. The van der Waals surface area contributed by atoms with Gasteiger partial charge in [0.2, 0.25) is 0 Å². The molecular formula is C14H19N3O2. The first-order valence-electron chi connectivity index (χ1n) is 6.24. The number of aromatic amines is 1. The van der Waals surface area contributed by atoms with Gasteiger partial charge in [0.05, 0.1) is 0 Å². The van der Waals surface area contributed by atoms with E-state index in [-0.39, 0.29) is 5.91 Å². The van der Waals surface area contributed by atoms with Gasteiger partial charge in [-0.3, -0.25) is 4.79 Å². The highest BCUT2D eigenvalue weighted by atomic mass is 16.5. The van der Waals surface area contributed by atoms with Crippen molar-refractivity contribution in [1.82, 2.24) is 9.88 Å². The minimum absolute atomic E-state index is 0.0223. The molecule has 0 fully saturated rings. The molecule has 0 aliphatic heterocycles. The first-order chi connectivity index (χ1) is 9.11. The Morgan fingerprint density at radius 3 is 2.95 bits per heavy atom. The number of ether oxygens (including phenoxy) is 1. The third-order valence-electron chi connectivity index (χ3n) is 3.06. The topological polar surface area (TPSA) is 71.3 Å². The highest BCUT2D eigenvalue weighted by Gasteiger charge is 2.14. The average molecular weight is 261 g/mol. The lowest BCUT2D eigenvalue weighted by Crippen LogP contribution is -2.28. The number of fused-ring (bicyclic) bond motifs is 1. The van der Waals surface area contributed by atoms with Crippen LogP contribution in [-0.4, -0.2) is 43.1 Å². The van der Waals surface area contributed by atoms with Gasteiger partial charge in [0, 0.05) is 43.9 Å². The fourth-order valence-corrected chi connectivity index (χ4v) is 2.02. The number of aromatic nitrogens is 1. The Morgan fingerprint density at radius 2 is 2.21 bits per heavy atom. The summed E-state index contributed by atoms with van der Waals surface area (Å²) in [6.07, 6.45) is 0.825. The van der Waals surface area contributed by atoms with Crippen LogP contribution in [0.25, 0.3) is 10.9 Å². The molecule has 1 heterocycles. The number of amides is 1. The zero-order valence-electron chi connectivity index (χ0n) is 11.3. The van der Waals surface area contributed by atoms with Crippen molar-refractivity contribution in [3.63, 3.8) is 0 Å². The molecule has 1 aromatic heterocycles. The van der Waals surface area contributed by atoms with Crippen LogP contribution in [0.1, 0.15) is 16.9 Å². The summed E-state index contributed by atoms with van der Waals surface area (Å²) in [7, 11) is 3.45. The minimum atomic E-state index is -0.0223. The summed E-state index contributed by atoms with van der Waals surface area (Å²) in [5, 5.41) is 0.952. The van der Waals surface area contributed by atoms with E-state index in [4.69, 9.17) is 10.5 Å². The number of hydrogen-bond acceptors (Lipinski definition) is 3. The molecule has 2 aromatic rings. The maximum Gasteiger partial charge on any atom is 0.270 e. The van der Waals surface area contributed by atoms with Crippen molar-refractivity contribution < 1.29 is 9.53 Å². The van der Waals surface area contributed by atoms with E-state index in [0.717, 1.165) is 17.3 Å². The van der Waals surface area contributed by atoms with Crippen LogP contribution < -0.4 is 5.73 Å². The number of benzene rings is 1. The molecule has 0 saturated heterocycles. The van der Waals surface area contributed by atoms with Gasteiger partial charge in [-0.05, 0) is 30.7 Å². The van der Waals surface area contributed by atoms with Gasteiger partial charge in [0.25, 0.3) is 5.91 Å². The van der Waals surface area contributed by atoms with E-state index in [1.807, 2.05) is 24.3 Å². The molecule has 3 N–H and O–H groups in total. The Morgan fingerprint density at radius 1 is 1.42 bits per heavy atom.